The van der Waals surface area contributed by atoms with Gasteiger partial charge >= 0.3 is 5.97 Å². The number of hydrogen-bond donors (Lipinski definition) is 1. The highest BCUT2D eigenvalue weighted by Gasteiger charge is 2.20. The van der Waals surface area contributed by atoms with Gasteiger partial charge in [-0.15, -0.1) is 11.3 Å². The highest BCUT2D eigenvalue weighted by atomic mass is 32.1. The number of carbonyl (C=O) groups excluding carboxylic acids is 1. The van der Waals surface area contributed by atoms with Gasteiger partial charge in [-0.2, -0.15) is 0 Å². The van der Waals surface area contributed by atoms with Gasteiger partial charge in [-0.05, 0) is 18.2 Å². The summed E-state index contributed by atoms with van der Waals surface area (Å²) in [5, 5.41) is 8.76. The molecule has 0 spiro atoms. The molecular formula is C16H17N3O3S. The van der Waals surface area contributed by atoms with E-state index in [1.807, 2.05) is 53.9 Å². The van der Waals surface area contributed by atoms with Crippen LogP contribution < -0.4 is 4.90 Å². The van der Waals surface area contributed by atoms with Crippen molar-refractivity contribution >= 4 is 33.6 Å². The maximum Gasteiger partial charge on any atom is 0.348 e. The molecule has 0 radical (unpaired) electrons. The highest BCUT2D eigenvalue weighted by Crippen LogP contribution is 2.32. The molecule has 3 aromatic rings. The topological polar surface area (TPSA) is 67.6 Å². The number of imidazole rings is 1. The van der Waals surface area contributed by atoms with Gasteiger partial charge in [0.2, 0.25) is 5.95 Å². The van der Waals surface area contributed by atoms with Crippen molar-refractivity contribution in [3.8, 4) is 5.69 Å². The maximum absolute atomic E-state index is 12.0. The molecule has 7 heteroatoms. The molecule has 0 fully saturated rings. The van der Waals surface area contributed by atoms with Crippen molar-refractivity contribution in [2.24, 2.45) is 0 Å². The van der Waals surface area contributed by atoms with Gasteiger partial charge in [0.05, 0.1) is 6.61 Å². The van der Waals surface area contributed by atoms with Crippen molar-refractivity contribution in [1.82, 2.24) is 9.55 Å². The quantitative estimate of drug-likeness (QED) is 0.727. The molecule has 0 saturated carbocycles. The average Bonchev–Trinajstić information content (AvgIpc) is 3.11. The molecule has 1 N–H and O–H groups in total. The minimum Gasteiger partial charge on any atom is -0.459 e. The van der Waals surface area contributed by atoms with Crippen molar-refractivity contribution in [2.75, 3.05) is 32.2 Å². The van der Waals surface area contributed by atoms with E-state index in [4.69, 9.17) is 9.84 Å². The molecule has 2 heterocycles. The van der Waals surface area contributed by atoms with E-state index < -0.39 is 5.97 Å². The summed E-state index contributed by atoms with van der Waals surface area (Å²) in [5.74, 6) is 0.362. The molecule has 0 aliphatic heterocycles. The summed E-state index contributed by atoms with van der Waals surface area (Å²) >= 11 is 1.33. The number of nitrogens with zero attached hydrogens (tertiary/aromatic N) is 3. The first-order chi connectivity index (χ1) is 11.1. The fourth-order valence-electron chi connectivity index (χ4n) is 2.28. The van der Waals surface area contributed by atoms with E-state index in [1.165, 1.54) is 11.3 Å². The Kier molecular flexibility index (Phi) is 4.31. The number of hydrogen-bond acceptors (Lipinski definition) is 6. The summed E-state index contributed by atoms with van der Waals surface area (Å²) in [6.45, 7) is -0.189. The second kappa shape index (κ2) is 6.39. The summed E-state index contributed by atoms with van der Waals surface area (Å²) in [5.41, 5.74) is 1.73. The van der Waals surface area contributed by atoms with Crippen molar-refractivity contribution in [3.63, 3.8) is 0 Å². The van der Waals surface area contributed by atoms with Crippen LogP contribution in [0.25, 0.3) is 16.0 Å². The molecule has 3 rings (SSSR count). The lowest BCUT2D eigenvalue weighted by atomic mass is 10.3. The third-order valence-corrected chi connectivity index (χ3v) is 4.35. The number of aromatic nitrogens is 2. The van der Waals surface area contributed by atoms with Gasteiger partial charge in [0.15, 0.2) is 0 Å². The number of thiophene rings is 1. The van der Waals surface area contributed by atoms with E-state index >= 15 is 0 Å². The zero-order chi connectivity index (χ0) is 16.4. The number of esters is 1. The summed E-state index contributed by atoms with van der Waals surface area (Å²) in [7, 11) is 3.86. The monoisotopic (exact) mass is 331 g/mol. The number of aliphatic hydroxyl groups excluding tert-OH is 1. The Labute approximate surface area is 137 Å². The molecule has 0 saturated heterocycles. The lowest BCUT2D eigenvalue weighted by molar-refractivity contribution is 0.0439. The minimum atomic E-state index is -0.437. The van der Waals surface area contributed by atoms with E-state index in [0.29, 0.717) is 4.88 Å². The van der Waals surface area contributed by atoms with Crippen LogP contribution in [0.1, 0.15) is 9.67 Å². The van der Waals surface area contributed by atoms with Crippen LogP contribution in [0.4, 0.5) is 5.95 Å². The lowest BCUT2D eigenvalue weighted by Gasteiger charge is -2.14. The Hall–Kier alpha value is -2.38. The van der Waals surface area contributed by atoms with E-state index in [2.05, 4.69) is 4.98 Å². The first-order valence-corrected chi connectivity index (χ1v) is 7.96. The predicted molar refractivity (Wildman–Crippen MR) is 90.6 cm³/mol. The molecule has 2 aromatic heterocycles. The molecule has 0 amide bonds. The Morgan fingerprint density at radius 1 is 1.35 bits per heavy atom. The molecule has 23 heavy (non-hydrogen) atoms. The van der Waals surface area contributed by atoms with Crippen molar-refractivity contribution in [2.45, 2.75) is 0 Å². The molecule has 0 atom stereocenters. The largest absolute Gasteiger partial charge is 0.459 e. The first kappa shape index (κ1) is 15.5. The summed E-state index contributed by atoms with van der Waals surface area (Å²) in [6.07, 6.45) is 0. The summed E-state index contributed by atoms with van der Waals surface area (Å²) in [4.78, 5) is 19.9. The Morgan fingerprint density at radius 2 is 2.09 bits per heavy atom. The number of ether oxygens (including phenoxy) is 1. The standard InChI is InChI=1S/C16H17N3O3S/c1-18(2)16-17-12-10-13(15(21)22-9-8-20)23-14(12)19(16)11-6-4-3-5-7-11/h3-7,10,20H,8-9H2,1-2H3. The number of carbonyl (C=O) groups is 1. The predicted octanol–water partition coefficient (Wildman–Crippen LogP) is 2.30. The number of fused-ring (bicyclic) bond motifs is 1. The van der Waals surface area contributed by atoms with Gasteiger partial charge in [0, 0.05) is 19.8 Å². The van der Waals surface area contributed by atoms with E-state index in [1.54, 1.807) is 6.07 Å². The summed E-state index contributed by atoms with van der Waals surface area (Å²) in [6, 6.07) is 11.6. The smallest absolute Gasteiger partial charge is 0.348 e. The van der Waals surface area contributed by atoms with E-state index in [0.717, 1.165) is 22.0 Å². The molecule has 120 valence electrons. The third kappa shape index (κ3) is 2.93. The zero-order valence-electron chi connectivity index (χ0n) is 12.9. The minimum absolute atomic E-state index is 0.00395. The fraction of sp³-hybridized carbons (Fsp3) is 0.250. The van der Waals surface area contributed by atoms with Gasteiger partial charge in [-0.1, -0.05) is 18.2 Å². The van der Waals surface area contributed by atoms with Gasteiger partial charge in [0.1, 0.15) is 21.8 Å². The van der Waals surface area contributed by atoms with Gasteiger partial charge in [-0.25, -0.2) is 9.78 Å². The third-order valence-electron chi connectivity index (χ3n) is 3.26. The van der Waals surface area contributed by atoms with Crippen LogP contribution in [0, 0.1) is 0 Å². The van der Waals surface area contributed by atoms with Crippen LogP contribution in [-0.2, 0) is 4.74 Å². The maximum atomic E-state index is 12.0. The number of rotatable bonds is 5. The molecule has 0 unspecified atom stereocenters. The normalized spacial score (nSPS) is 10.9. The molecule has 1 aromatic carbocycles. The molecule has 6 nitrogen and oxygen atoms in total. The van der Waals surface area contributed by atoms with Crippen molar-refractivity contribution in [3.05, 3.63) is 41.3 Å². The Morgan fingerprint density at radius 3 is 2.74 bits per heavy atom. The van der Waals surface area contributed by atoms with Crippen LogP contribution in [-0.4, -0.2) is 47.9 Å². The van der Waals surface area contributed by atoms with Crippen LogP contribution >= 0.6 is 11.3 Å². The van der Waals surface area contributed by atoms with Crippen LogP contribution in [0.5, 0.6) is 0 Å². The zero-order valence-corrected chi connectivity index (χ0v) is 13.7. The second-order valence-corrected chi connectivity index (χ2v) is 6.17. The van der Waals surface area contributed by atoms with Crippen molar-refractivity contribution in [1.29, 1.82) is 0 Å². The lowest BCUT2D eigenvalue weighted by Crippen LogP contribution is -2.14. The van der Waals surface area contributed by atoms with Crippen LogP contribution in [0.15, 0.2) is 36.4 Å². The first-order valence-electron chi connectivity index (χ1n) is 7.15. The molecular weight excluding hydrogens is 314 g/mol. The molecule has 0 bridgehead atoms. The number of aliphatic hydroxyl groups is 1. The van der Waals surface area contributed by atoms with Crippen LogP contribution in [0.3, 0.4) is 0 Å². The fourth-order valence-corrected chi connectivity index (χ4v) is 3.29. The number of para-hydroxylation sites is 1. The molecule has 0 aliphatic rings. The number of benzene rings is 1. The van der Waals surface area contributed by atoms with Crippen molar-refractivity contribution < 1.29 is 14.6 Å². The van der Waals surface area contributed by atoms with Gasteiger partial charge in [0.25, 0.3) is 0 Å². The SMILES string of the molecule is CN(C)c1nc2cc(C(=O)OCCO)sc2n1-c1ccccc1. The average molecular weight is 331 g/mol. The Bertz CT molecular complexity index is 824. The number of anilines is 1. The van der Waals surface area contributed by atoms with E-state index in [9.17, 15) is 4.79 Å². The van der Waals surface area contributed by atoms with Gasteiger partial charge in [-0.3, -0.25) is 4.57 Å². The summed E-state index contributed by atoms with van der Waals surface area (Å²) < 4.78 is 6.99. The molecule has 0 aliphatic carbocycles. The Balaban J connectivity index is 2.10. The second-order valence-electron chi connectivity index (χ2n) is 5.14. The van der Waals surface area contributed by atoms with Crippen LogP contribution in [0.2, 0.25) is 0 Å². The highest BCUT2D eigenvalue weighted by molar-refractivity contribution is 7.20. The van der Waals surface area contributed by atoms with E-state index in [-0.39, 0.29) is 13.2 Å². The van der Waals surface area contributed by atoms with Gasteiger partial charge < -0.3 is 14.7 Å².